The van der Waals surface area contributed by atoms with Gasteiger partial charge in [0, 0.05) is 18.2 Å². The van der Waals surface area contributed by atoms with Crippen LogP contribution >= 0.6 is 0 Å². The Morgan fingerprint density at radius 3 is 2.76 bits per heavy atom. The fourth-order valence-electron chi connectivity index (χ4n) is 3.98. The summed E-state index contributed by atoms with van der Waals surface area (Å²) in [6.45, 7) is 2.55. The summed E-state index contributed by atoms with van der Waals surface area (Å²) < 4.78 is 0. The molecule has 1 aromatic rings. The van der Waals surface area contributed by atoms with E-state index in [9.17, 15) is 4.79 Å². The summed E-state index contributed by atoms with van der Waals surface area (Å²) in [5.41, 5.74) is 0.908. The maximum Gasteiger partial charge on any atom is 0.224 e. The number of para-hydroxylation sites is 1. The van der Waals surface area contributed by atoms with Gasteiger partial charge in [-0.1, -0.05) is 24.6 Å². The molecule has 2 atom stereocenters. The monoisotopic (exact) mass is 286 g/mol. The van der Waals surface area contributed by atoms with Gasteiger partial charge in [0.15, 0.2) is 0 Å². The van der Waals surface area contributed by atoms with Gasteiger partial charge in [-0.05, 0) is 63.2 Å². The highest BCUT2D eigenvalue weighted by Gasteiger charge is 2.32. The van der Waals surface area contributed by atoms with E-state index in [4.69, 9.17) is 0 Å². The van der Waals surface area contributed by atoms with Gasteiger partial charge in [-0.25, -0.2) is 0 Å². The first-order chi connectivity index (χ1) is 10.3. The lowest BCUT2D eigenvalue weighted by Gasteiger charge is -2.44. The maximum absolute atomic E-state index is 12.1. The minimum absolute atomic E-state index is 0.161. The minimum Gasteiger partial charge on any atom is -0.326 e. The van der Waals surface area contributed by atoms with Crippen molar-refractivity contribution in [2.75, 3.05) is 18.4 Å². The molecule has 2 fully saturated rings. The Kier molecular flexibility index (Phi) is 4.91. The summed E-state index contributed by atoms with van der Waals surface area (Å²) in [5, 5.41) is 3.00. The van der Waals surface area contributed by atoms with E-state index in [0.717, 1.165) is 24.1 Å². The maximum atomic E-state index is 12.1. The topological polar surface area (TPSA) is 32.3 Å². The Bertz CT molecular complexity index is 458. The molecule has 2 unspecified atom stereocenters. The summed E-state index contributed by atoms with van der Waals surface area (Å²) in [6.07, 6.45) is 8.38. The van der Waals surface area contributed by atoms with Crippen molar-refractivity contribution in [2.24, 2.45) is 5.92 Å². The number of amides is 1. The Balaban J connectivity index is 1.48. The number of hydrogen-bond donors (Lipinski definition) is 1. The smallest absolute Gasteiger partial charge is 0.224 e. The van der Waals surface area contributed by atoms with Crippen LogP contribution in [0.15, 0.2) is 30.3 Å². The summed E-state index contributed by atoms with van der Waals surface area (Å²) in [4.78, 5) is 14.8. The second-order valence-corrected chi connectivity index (χ2v) is 6.45. The van der Waals surface area contributed by atoms with Crippen molar-refractivity contribution >= 4 is 11.6 Å². The number of piperidine rings is 2. The normalized spacial score (nSPS) is 26.1. The zero-order chi connectivity index (χ0) is 14.5. The molecule has 1 amide bonds. The van der Waals surface area contributed by atoms with Crippen molar-refractivity contribution < 1.29 is 4.79 Å². The molecule has 114 valence electrons. The molecule has 2 saturated heterocycles. The van der Waals surface area contributed by atoms with Crippen molar-refractivity contribution in [3.63, 3.8) is 0 Å². The van der Waals surface area contributed by atoms with Crippen LogP contribution in [0.25, 0.3) is 0 Å². The van der Waals surface area contributed by atoms with Gasteiger partial charge in [-0.15, -0.1) is 0 Å². The van der Waals surface area contributed by atoms with E-state index in [2.05, 4.69) is 10.2 Å². The molecule has 0 bridgehead atoms. The van der Waals surface area contributed by atoms with E-state index >= 15 is 0 Å². The number of anilines is 1. The number of rotatable bonds is 4. The van der Waals surface area contributed by atoms with Gasteiger partial charge in [-0.3, -0.25) is 4.79 Å². The van der Waals surface area contributed by atoms with E-state index < -0.39 is 0 Å². The van der Waals surface area contributed by atoms with Crippen LogP contribution in [0.3, 0.4) is 0 Å². The molecule has 1 aromatic carbocycles. The molecule has 21 heavy (non-hydrogen) atoms. The van der Waals surface area contributed by atoms with E-state index in [1.165, 1.54) is 45.2 Å². The van der Waals surface area contributed by atoms with Gasteiger partial charge in [0.05, 0.1) is 0 Å². The first kappa shape index (κ1) is 14.6. The van der Waals surface area contributed by atoms with Gasteiger partial charge in [0.2, 0.25) is 5.91 Å². The third-order valence-corrected chi connectivity index (χ3v) is 5.03. The first-order valence-electron chi connectivity index (χ1n) is 8.42. The number of nitrogens with zero attached hydrogens (tertiary/aromatic N) is 1. The summed E-state index contributed by atoms with van der Waals surface area (Å²) >= 11 is 0. The SMILES string of the molecule is O=C(CCC1CCCN2CCCCC12)Nc1ccccc1. The van der Waals surface area contributed by atoms with E-state index in [1.54, 1.807) is 0 Å². The van der Waals surface area contributed by atoms with Crippen LogP contribution in [0.1, 0.15) is 44.9 Å². The zero-order valence-electron chi connectivity index (χ0n) is 12.8. The molecule has 0 aliphatic carbocycles. The highest BCUT2D eigenvalue weighted by molar-refractivity contribution is 5.90. The number of carbonyl (C=O) groups is 1. The lowest BCUT2D eigenvalue weighted by molar-refractivity contribution is -0.116. The molecule has 0 aromatic heterocycles. The predicted octanol–water partition coefficient (Wildman–Crippen LogP) is 3.67. The third kappa shape index (κ3) is 3.85. The van der Waals surface area contributed by atoms with Crippen LogP contribution in [0.5, 0.6) is 0 Å². The highest BCUT2D eigenvalue weighted by atomic mass is 16.1. The number of nitrogens with one attached hydrogen (secondary N) is 1. The van der Waals surface area contributed by atoms with Crippen molar-refractivity contribution in [3.8, 4) is 0 Å². The average molecular weight is 286 g/mol. The van der Waals surface area contributed by atoms with Crippen LogP contribution in [-0.2, 0) is 4.79 Å². The standard InChI is InChI=1S/C18H26N2O/c21-18(19-16-8-2-1-3-9-16)12-11-15-7-6-14-20-13-5-4-10-17(15)20/h1-3,8-9,15,17H,4-7,10-14H2,(H,19,21). The molecule has 1 N–H and O–H groups in total. The Hall–Kier alpha value is -1.35. The van der Waals surface area contributed by atoms with Crippen molar-refractivity contribution in [3.05, 3.63) is 30.3 Å². The quantitative estimate of drug-likeness (QED) is 0.916. The third-order valence-electron chi connectivity index (χ3n) is 5.03. The van der Waals surface area contributed by atoms with Gasteiger partial charge >= 0.3 is 0 Å². The fourth-order valence-corrected chi connectivity index (χ4v) is 3.98. The molecular formula is C18H26N2O. The molecular weight excluding hydrogens is 260 g/mol. The van der Waals surface area contributed by atoms with Gasteiger partial charge in [0.1, 0.15) is 0 Å². The van der Waals surface area contributed by atoms with Crippen LogP contribution in [0, 0.1) is 5.92 Å². The van der Waals surface area contributed by atoms with Crippen molar-refractivity contribution in [1.29, 1.82) is 0 Å². The second kappa shape index (κ2) is 7.08. The van der Waals surface area contributed by atoms with Gasteiger partial charge in [0.25, 0.3) is 0 Å². The minimum atomic E-state index is 0.161. The molecule has 0 spiro atoms. The molecule has 3 heteroatoms. The van der Waals surface area contributed by atoms with Crippen LogP contribution in [0.2, 0.25) is 0 Å². The lowest BCUT2D eigenvalue weighted by atomic mass is 9.81. The Morgan fingerprint density at radius 1 is 1.10 bits per heavy atom. The number of carbonyl (C=O) groups excluding carboxylic acids is 1. The first-order valence-corrected chi connectivity index (χ1v) is 8.42. The largest absolute Gasteiger partial charge is 0.326 e. The molecule has 2 aliphatic heterocycles. The zero-order valence-corrected chi connectivity index (χ0v) is 12.8. The fraction of sp³-hybridized carbons (Fsp3) is 0.611. The lowest BCUT2D eigenvalue weighted by Crippen LogP contribution is -2.48. The van der Waals surface area contributed by atoms with E-state index in [1.807, 2.05) is 30.3 Å². The van der Waals surface area contributed by atoms with Crippen LogP contribution < -0.4 is 5.32 Å². The number of hydrogen-bond acceptors (Lipinski definition) is 2. The summed E-state index contributed by atoms with van der Waals surface area (Å²) in [5.74, 6) is 0.884. The van der Waals surface area contributed by atoms with Crippen LogP contribution in [0.4, 0.5) is 5.69 Å². The molecule has 0 radical (unpaired) electrons. The van der Waals surface area contributed by atoms with E-state index in [0.29, 0.717) is 6.42 Å². The Morgan fingerprint density at radius 2 is 1.90 bits per heavy atom. The Labute approximate surface area is 127 Å². The summed E-state index contributed by atoms with van der Waals surface area (Å²) in [7, 11) is 0. The number of fused-ring (bicyclic) bond motifs is 1. The van der Waals surface area contributed by atoms with E-state index in [-0.39, 0.29) is 5.91 Å². The molecule has 2 heterocycles. The van der Waals surface area contributed by atoms with Crippen LogP contribution in [-0.4, -0.2) is 29.9 Å². The van der Waals surface area contributed by atoms with Crippen molar-refractivity contribution in [1.82, 2.24) is 4.90 Å². The second-order valence-electron chi connectivity index (χ2n) is 6.45. The number of benzene rings is 1. The molecule has 3 nitrogen and oxygen atoms in total. The summed E-state index contributed by atoms with van der Waals surface area (Å²) in [6, 6.07) is 10.5. The van der Waals surface area contributed by atoms with Gasteiger partial charge < -0.3 is 10.2 Å². The van der Waals surface area contributed by atoms with Gasteiger partial charge in [-0.2, -0.15) is 0 Å². The predicted molar refractivity (Wildman–Crippen MR) is 86.2 cm³/mol. The molecule has 2 aliphatic rings. The average Bonchev–Trinajstić information content (AvgIpc) is 2.54. The molecule has 3 rings (SSSR count). The molecule has 0 saturated carbocycles. The van der Waals surface area contributed by atoms with Crippen molar-refractivity contribution in [2.45, 2.75) is 51.0 Å². The highest BCUT2D eigenvalue weighted by Crippen LogP contribution is 2.33.